The molecule has 0 saturated carbocycles. The standard InChI is InChI=1S/C18H26N2O5/c1-3-13(2)17(18(23)24)20(16(22)10-9-15(21)19-25)12-11-14-7-5-4-6-8-14/h4-8,13,17,25H,3,9-12H2,1-2H3,(H,19,21)(H,23,24). The van der Waals surface area contributed by atoms with Gasteiger partial charge in [-0.3, -0.25) is 14.8 Å². The third-order valence-corrected chi connectivity index (χ3v) is 4.27. The molecule has 0 bridgehead atoms. The minimum Gasteiger partial charge on any atom is -0.480 e. The fraction of sp³-hybridized carbons (Fsp3) is 0.500. The van der Waals surface area contributed by atoms with Gasteiger partial charge in [0.2, 0.25) is 11.8 Å². The molecule has 0 aliphatic heterocycles. The monoisotopic (exact) mass is 350 g/mol. The highest BCUT2D eigenvalue weighted by Crippen LogP contribution is 2.18. The van der Waals surface area contributed by atoms with Gasteiger partial charge in [-0.05, 0) is 17.9 Å². The Bertz CT molecular complexity index is 576. The molecule has 25 heavy (non-hydrogen) atoms. The second-order valence-corrected chi connectivity index (χ2v) is 6.03. The summed E-state index contributed by atoms with van der Waals surface area (Å²) in [5.41, 5.74) is 2.48. The van der Waals surface area contributed by atoms with Crippen LogP contribution in [0.1, 0.15) is 38.7 Å². The third kappa shape index (κ3) is 6.54. The fourth-order valence-corrected chi connectivity index (χ4v) is 2.64. The molecule has 0 aliphatic carbocycles. The second-order valence-electron chi connectivity index (χ2n) is 6.03. The number of rotatable bonds is 10. The van der Waals surface area contributed by atoms with Gasteiger partial charge >= 0.3 is 5.97 Å². The van der Waals surface area contributed by atoms with Gasteiger partial charge in [0.25, 0.3) is 0 Å². The second kappa shape index (κ2) is 10.5. The van der Waals surface area contributed by atoms with Gasteiger partial charge in [-0.1, -0.05) is 50.6 Å². The number of hydroxylamine groups is 1. The van der Waals surface area contributed by atoms with E-state index in [4.69, 9.17) is 5.21 Å². The van der Waals surface area contributed by atoms with Gasteiger partial charge in [0.15, 0.2) is 0 Å². The van der Waals surface area contributed by atoms with Crippen LogP contribution in [-0.2, 0) is 20.8 Å². The van der Waals surface area contributed by atoms with Crippen LogP contribution in [0.3, 0.4) is 0 Å². The molecular formula is C18H26N2O5. The molecule has 2 atom stereocenters. The van der Waals surface area contributed by atoms with Crippen molar-refractivity contribution < 1.29 is 24.7 Å². The van der Waals surface area contributed by atoms with Crippen LogP contribution in [0.15, 0.2) is 30.3 Å². The van der Waals surface area contributed by atoms with Crippen molar-refractivity contribution in [3.8, 4) is 0 Å². The number of carboxylic acids is 1. The molecule has 138 valence electrons. The van der Waals surface area contributed by atoms with Gasteiger partial charge in [0, 0.05) is 19.4 Å². The van der Waals surface area contributed by atoms with Crippen molar-refractivity contribution in [1.29, 1.82) is 0 Å². The van der Waals surface area contributed by atoms with E-state index in [1.165, 1.54) is 10.4 Å². The Hall–Kier alpha value is -2.41. The van der Waals surface area contributed by atoms with E-state index in [0.29, 0.717) is 12.8 Å². The lowest BCUT2D eigenvalue weighted by atomic mass is 9.96. The lowest BCUT2D eigenvalue weighted by Gasteiger charge is -2.32. The summed E-state index contributed by atoms with van der Waals surface area (Å²) in [5.74, 6) is -2.36. The molecule has 0 fully saturated rings. The van der Waals surface area contributed by atoms with E-state index in [2.05, 4.69) is 0 Å². The average molecular weight is 350 g/mol. The quantitative estimate of drug-likeness (QED) is 0.441. The zero-order valence-electron chi connectivity index (χ0n) is 14.6. The zero-order valence-corrected chi connectivity index (χ0v) is 14.6. The molecule has 1 aromatic rings. The summed E-state index contributed by atoms with van der Waals surface area (Å²) in [6.07, 6.45) is 0.799. The first-order chi connectivity index (χ1) is 11.9. The Kier molecular flexibility index (Phi) is 8.63. The van der Waals surface area contributed by atoms with Gasteiger partial charge in [-0.15, -0.1) is 0 Å². The Morgan fingerprint density at radius 2 is 1.80 bits per heavy atom. The molecule has 1 rings (SSSR count). The van der Waals surface area contributed by atoms with Crippen molar-refractivity contribution in [2.45, 2.75) is 45.6 Å². The molecule has 7 heteroatoms. The van der Waals surface area contributed by atoms with Crippen LogP contribution >= 0.6 is 0 Å². The van der Waals surface area contributed by atoms with E-state index < -0.39 is 23.8 Å². The van der Waals surface area contributed by atoms with Crippen LogP contribution < -0.4 is 5.48 Å². The predicted octanol–water partition coefficient (Wildman–Crippen LogP) is 1.84. The van der Waals surface area contributed by atoms with Crippen LogP contribution in [0.5, 0.6) is 0 Å². The molecule has 0 aromatic heterocycles. The third-order valence-electron chi connectivity index (χ3n) is 4.27. The van der Waals surface area contributed by atoms with E-state index in [1.54, 1.807) is 6.92 Å². The van der Waals surface area contributed by atoms with Crippen LogP contribution in [-0.4, -0.2) is 45.6 Å². The molecule has 0 spiro atoms. The minimum atomic E-state index is -1.05. The van der Waals surface area contributed by atoms with Crippen LogP contribution in [0.4, 0.5) is 0 Å². The molecule has 0 heterocycles. The summed E-state index contributed by atoms with van der Waals surface area (Å²) in [7, 11) is 0. The maximum absolute atomic E-state index is 12.6. The van der Waals surface area contributed by atoms with Crippen molar-refractivity contribution in [2.24, 2.45) is 5.92 Å². The average Bonchev–Trinajstić information content (AvgIpc) is 2.62. The number of amides is 2. The number of benzene rings is 1. The molecular weight excluding hydrogens is 324 g/mol. The number of carbonyl (C=O) groups is 3. The highest BCUT2D eigenvalue weighted by molar-refractivity contribution is 5.86. The van der Waals surface area contributed by atoms with Crippen molar-refractivity contribution in [2.75, 3.05) is 6.54 Å². The van der Waals surface area contributed by atoms with Gasteiger partial charge in [0.1, 0.15) is 6.04 Å². The maximum atomic E-state index is 12.6. The van der Waals surface area contributed by atoms with Crippen molar-refractivity contribution in [1.82, 2.24) is 10.4 Å². The van der Waals surface area contributed by atoms with Crippen molar-refractivity contribution >= 4 is 17.8 Å². The molecule has 0 aliphatic rings. The van der Waals surface area contributed by atoms with Crippen LogP contribution in [0.25, 0.3) is 0 Å². The smallest absolute Gasteiger partial charge is 0.326 e. The number of carbonyl (C=O) groups excluding carboxylic acids is 2. The van der Waals surface area contributed by atoms with Gasteiger partial charge in [0.05, 0.1) is 0 Å². The highest BCUT2D eigenvalue weighted by atomic mass is 16.5. The number of hydrogen-bond acceptors (Lipinski definition) is 4. The predicted molar refractivity (Wildman–Crippen MR) is 91.9 cm³/mol. The normalized spacial score (nSPS) is 12.9. The summed E-state index contributed by atoms with van der Waals surface area (Å²) in [5, 5.41) is 18.1. The first-order valence-corrected chi connectivity index (χ1v) is 8.39. The van der Waals surface area contributed by atoms with Gasteiger partial charge < -0.3 is 10.0 Å². The number of nitrogens with zero attached hydrogens (tertiary/aromatic N) is 1. The number of nitrogens with one attached hydrogen (secondary N) is 1. The molecule has 7 nitrogen and oxygen atoms in total. The molecule has 2 unspecified atom stereocenters. The molecule has 0 saturated heterocycles. The number of carboxylic acid groups (broad SMARTS) is 1. The van der Waals surface area contributed by atoms with Gasteiger partial charge in [-0.2, -0.15) is 0 Å². The number of hydrogen-bond donors (Lipinski definition) is 3. The first-order valence-electron chi connectivity index (χ1n) is 8.39. The molecule has 0 radical (unpaired) electrons. The summed E-state index contributed by atoms with van der Waals surface area (Å²) in [6, 6.07) is 8.55. The SMILES string of the molecule is CCC(C)C(C(=O)O)N(CCc1ccccc1)C(=O)CCC(=O)NO. The minimum absolute atomic E-state index is 0.151. The van der Waals surface area contributed by atoms with Crippen LogP contribution in [0, 0.1) is 5.92 Å². The Morgan fingerprint density at radius 3 is 2.32 bits per heavy atom. The molecule has 2 amide bonds. The topological polar surface area (TPSA) is 107 Å². The summed E-state index contributed by atoms with van der Waals surface area (Å²) >= 11 is 0. The number of aliphatic carboxylic acids is 1. The van der Waals surface area contributed by atoms with Crippen molar-refractivity contribution in [3.05, 3.63) is 35.9 Å². The summed E-state index contributed by atoms with van der Waals surface area (Å²) < 4.78 is 0. The fourth-order valence-electron chi connectivity index (χ4n) is 2.64. The first kappa shape index (κ1) is 20.6. The van der Waals surface area contributed by atoms with Crippen LogP contribution in [0.2, 0.25) is 0 Å². The molecule has 3 N–H and O–H groups in total. The van der Waals surface area contributed by atoms with E-state index >= 15 is 0 Å². The van der Waals surface area contributed by atoms with E-state index in [0.717, 1.165) is 5.56 Å². The van der Waals surface area contributed by atoms with Crippen molar-refractivity contribution in [3.63, 3.8) is 0 Å². The summed E-state index contributed by atoms with van der Waals surface area (Å²) in [6.45, 7) is 3.92. The Labute approximate surface area is 147 Å². The summed E-state index contributed by atoms with van der Waals surface area (Å²) in [4.78, 5) is 36.8. The van der Waals surface area contributed by atoms with E-state index in [9.17, 15) is 19.5 Å². The van der Waals surface area contributed by atoms with E-state index in [1.807, 2.05) is 37.3 Å². The highest BCUT2D eigenvalue weighted by Gasteiger charge is 2.33. The maximum Gasteiger partial charge on any atom is 0.326 e. The lowest BCUT2D eigenvalue weighted by Crippen LogP contribution is -2.49. The molecule has 1 aromatic carbocycles. The lowest BCUT2D eigenvalue weighted by molar-refractivity contribution is -0.153. The van der Waals surface area contributed by atoms with Gasteiger partial charge in [-0.25, -0.2) is 10.3 Å². The largest absolute Gasteiger partial charge is 0.480 e. The Morgan fingerprint density at radius 1 is 1.16 bits per heavy atom. The Balaban J connectivity index is 2.92. The zero-order chi connectivity index (χ0) is 18.8. The van der Waals surface area contributed by atoms with E-state index in [-0.39, 0.29) is 25.3 Å².